The summed E-state index contributed by atoms with van der Waals surface area (Å²) < 4.78 is 0.388. The van der Waals surface area contributed by atoms with Crippen LogP contribution in [-0.2, 0) is 0 Å². The third-order valence-electron chi connectivity index (χ3n) is 3.70. The lowest BCUT2D eigenvalue weighted by Crippen LogP contribution is -2.40. The molecule has 1 saturated carbocycles. The van der Waals surface area contributed by atoms with Crippen LogP contribution < -0.4 is 16.6 Å². The van der Waals surface area contributed by atoms with Gasteiger partial charge in [-0.2, -0.15) is 11.8 Å². The summed E-state index contributed by atoms with van der Waals surface area (Å²) in [5.74, 6) is 8.07. The molecule has 0 aromatic carbocycles. The van der Waals surface area contributed by atoms with E-state index in [1.165, 1.54) is 19.3 Å². The highest BCUT2D eigenvalue weighted by Crippen LogP contribution is 2.42. The summed E-state index contributed by atoms with van der Waals surface area (Å²) in [4.78, 5) is 8.91. The van der Waals surface area contributed by atoms with E-state index in [9.17, 15) is 0 Å². The van der Waals surface area contributed by atoms with E-state index in [2.05, 4.69) is 40.8 Å². The Labute approximate surface area is 119 Å². The topological polar surface area (TPSA) is 75.9 Å². The average molecular weight is 281 g/mol. The zero-order chi connectivity index (χ0) is 13.9. The van der Waals surface area contributed by atoms with E-state index in [1.54, 1.807) is 0 Å². The second-order valence-corrected chi connectivity index (χ2v) is 6.66. The third-order valence-corrected chi connectivity index (χ3v) is 5.12. The molecule has 0 spiro atoms. The van der Waals surface area contributed by atoms with Gasteiger partial charge in [0.25, 0.3) is 0 Å². The second-order valence-electron chi connectivity index (χ2n) is 5.39. The molecule has 6 heteroatoms. The number of rotatable bonds is 6. The molecule has 2 rings (SSSR count). The molecule has 1 aromatic rings. The van der Waals surface area contributed by atoms with Crippen LogP contribution in [-0.4, -0.2) is 27.5 Å². The van der Waals surface area contributed by atoms with Crippen molar-refractivity contribution >= 4 is 23.4 Å². The number of nitrogens with zero attached hydrogens (tertiary/aromatic N) is 2. The van der Waals surface area contributed by atoms with Crippen molar-refractivity contribution in [1.29, 1.82) is 0 Å². The van der Waals surface area contributed by atoms with Crippen LogP contribution in [0.3, 0.4) is 0 Å². The molecule has 0 unspecified atom stereocenters. The fraction of sp³-hybridized carbons (Fsp3) is 0.692. The number of hydrogen-bond acceptors (Lipinski definition) is 6. The highest BCUT2D eigenvalue weighted by molar-refractivity contribution is 8.00. The maximum absolute atomic E-state index is 5.46. The van der Waals surface area contributed by atoms with Crippen LogP contribution in [0.2, 0.25) is 0 Å². The fourth-order valence-electron chi connectivity index (χ4n) is 2.16. The Hall–Kier alpha value is -1.01. The molecule has 1 aliphatic rings. The summed E-state index contributed by atoms with van der Waals surface area (Å²) in [6.07, 6.45) is 6.09. The van der Waals surface area contributed by atoms with E-state index in [0.717, 1.165) is 18.2 Å². The molecular weight excluding hydrogens is 258 g/mol. The molecule has 0 bridgehead atoms. The molecular formula is C13H23N5S. The van der Waals surface area contributed by atoms with Gasteiger partial charge in [0.2, 0.25) is 0 Å². The van der Waals surface area contributed by atoms with E-state index in [-0.39, 0.29) is 5.92 Å². The van der Waals surface area contributed by atoms with Crippen molar-refractivity contribution in [2.24, 2.45) is 5.84 Å². The average Bonchev–Trinajstić information content (AvgIpc) is 2.37. The van der Waals surface area contributed by atoms with Crippen LogP contribution in [0.1, 0.15) is 44.9 Å². The number of aromatic nitrogens is 2. The molecule has 0 saturated heterocycles. The minimum atomic E-state index is 0.284. The van der Waals surface area contributed by atoms with E-state index in [1.807, 2.05) is 17.8 Å². The highest BCUT2D eigenvalue weighted by Gasteiger charge is 2.35. The van der Waals surface area contributed by atoms with Gasteiger partial charge < -0.3 is 10.7 Å². The summed E-state index contributed by atoms with van der Waals surface area (Å²) in [5.41, 5.74) is 2.61. The molecule has 0 amide bonds. The van der Waals surface area contributed by atoms with Gasteiger partial charge in [-0.05, 0) is 19.1 Å². The van der Waals surface area contributed by atoms with Gasteiger partial charge in [-0.25, -0.2) is 15.8 Å². The Bertz CT molecular complexity index is 426. The molecule has 106 valence electrons. The summed E-state index contributed by atoms with van der Waals surface area (Å²) in [6, 6.07) is 1.86. The normalized spacial score (nSPS) is 17.1. The first-order valence-corrected chi connectivity index (χ1v) is 7.96. The first-order valence-electron chi connectivity index (χ1n) is 6.73. The lowest BCUT2D eigenvalue weighted by molar-refractivity contribution is 0.379. The van der Waals surface area contributed by atoms with E-state index >= 15 is 0 Å². The van der Waals surface area contributed by atoms with Crippen LogP contribution in [0.5, 0.6) is 0 Å². The minimum absolute atomic E-state index is 0.284. The Morgan fingerprint density at radius 2 is 2.05 bits per heavy atom. The molecule has 1 aromatic heterocycles. The van der Waals surface area contributed by atoms with Crippen LogP contribution in [0.4, 0.5) is 11.6 Å². The van der Waals surface area contributed by atoms with E-state index in [4.69, 9.17) is 5.84 Å². The third kappa shape index (κ3) is 3.30. The van der Waals surface area contributed by atoms with E-state index in [0.29, 0.717) is 10.6 Å². The largest absolute Gasteiger partial charge is 0.369 e. The molecule has 0 aliphatic heterocycles. The standard InChI is InChI=1S/C13H23N5S/c1-9(2)12-16-10(7-11(17-12)18-14)15-8-13(19-3)5-4-6-13/h7,9H,4-6,8,14H2,1-3H3,(H2,15,16,17,18). The lowest BCUT2D eigenvalue weighted by Gasteiger charge is -2.40. The SMILES string of the molecule is CSC1(CNc2cc(NN)nc(C(C)C)n2)CCC1. The van der Waals surface area contributed by atoms with Crippen LogP contribution in [0.25, 0.3) is 0 Å². The first-order chi connectivity index (χ1) is 9.08. The predicted octanol–water partition coefficient (Wildman–Crippen LogP) is 2.58. The zero-order valence-corrected chi connectivity index (χ0v) is 12.7. The number of nitrogen functional groups attached to an aromatic ring is 1. The van der Waals surface area contributed by atoms with Crippen molar-refractivity contribution in [3.05, 3.63) is 11.9 Å². The summed E-state index contributed by atoms with van der Waals surface area (Å²) in [5, 5.41) is 3.44. The zero-order valence-electron chi connectivity index (χ0n) is 11.9. The van der Waals surface area contributed by atoms with Crippen molar-refractivity contribution in [2.45, 2.75) is 43.8 Å². The molecule has 1 fully saturated rings. The van der Waals surface area contributed by atoms with Crippen molar-refractivity contribution in [1.82, 2.24) is 9.97 Å². The molecule has 0 atom stereocenters. The van der Waals surface area contributed by atoms with Gasteiger partial charge >= 0.3 is 0 Å². The molecule has 5 nitrogen and oxygen atoms in total. The summed E-state index contributed by atoms with van der Waals surface area (Å²) in [6.45, 7) is 5.11. The van der Waals surface area contributed by atoms with Gasteiger partial charge in [-0.3, -0.25) is 0 Å². The Morgan fingerprint density at radius 3 is 2.53 bits per heavy atom. The Kier molecular flexibility index (Phi) is 4.52. The van der Waals surface area contributed by atoms with Crippen LogP contribution >= 0.6 is 11.8 Å². The van der Waals surface area contributed by atoms with Gasteiger partial charge in [0.1, 0.15) is 17.5 Å². The summed E-state index contributed by atoms with van der Waals surface area (Å²) >= 11 is 1.95. The predicted molar refractivity (Wildman–Crippen MR) is 82.5 cm³/mol. The minimum Gasteiger partial charge on any atom is -0.369 e. The monoisotopic (exact) mass is 281 g/mol. The lowest BCUT2D eigenvalue weighted by atomic mass is 9.84. The Morgan fingerprint density at radius 1 is 1.37 bits per heavy atom. The highest BCUT2D eigenvalue weighted by atomic mass is 32.2. The van der Waals surface area contributed by atoms with Gasteiger partial charge in [0.05, 0.1) is 0 Å². The van der Waals surface area contributed by atoms with E-state index < -0.39 is 0 Å². The number of hydrogen-bond donors (Lipinski definition) is 3. The van der Waals surface area contributed by atoms with Crippen molar-refractivity contribution < 1.29 is 0 Å². The fourth-order valence-corrected chi connectivity index (χ4v) is 3.08. The number of hydrazine groups is 1. The van der Waals surface area contributed by atoms with Crippen LogP contribution in [0.15, 0.2) is 6.07 Å². The van der Waals surface area contributed by atoms with Gasteiger partial charge in [0, 0.05) is 23.3 Å². The van der Waals surface area contributed by atoms with Crippen molar-refractivity contribution in [3.63, 3.8) is 0 Å². The second kappa shape index (κ2) is 5.96. The van der Waals surface area contributed by atoms with Crippen molar-refractivity contribution in [3.8, 4) is 0 Å². The molecule has 0 radical (unpaired) electrons. The number of anilines is 2. The first kappa shape index (κ1) is 14.4. The van der Waals surface area contributed by atoms with Crippen LogP contribution in [0, 0.1) is 0 Å². The molecule has 1 heterocycles. The molecule has 19 heavy (non-hydrogen) atoms. The van der Waals surface area contributed by atoms with Gasteiger partial charge in [0.15, 0.2) is 0 Å². The maximum Gasteiger partial charge on any atom is 0.145 e. The van der Waals surface area contributed by atoms with Gasteiger partial charge in [-0.15, -0.1) is 0 Å². The Balaban J connectivity index is 2.08. The number of thioether (sulfide) groups is 1. The summed E-state index contributed by atoms with van der Waals surface area (Å²) in [7, 11) is 0. The number of nitrogens with one attached hydrogen (secondary N) is 2. The quantitative estimate of drug-likeness (QED) is 0.549. The molecule has 4 N–H and O–H groups in total. The maximum atomic E-state index is 5.46. The smallest absolute Gasteiger partial charge is 0.145 e. The van der Waals surface area contributed by atoms with Gasteiger partial charge in [-0.1, -0.05) is 20.3 Å². The van der Waals surface area contributed by atoms with Crippen molar-refractivity contribution in [2.75, 3.05) is 23.5 Å². The molecule has 1 aliphatic carbocycles. The number of nitrogens with two attached hydrogens (primary N) is 1.